The number of nitrogens with zero attached hydrogens (tertiary/aromatic N) is 2. The Kier molecular flexibility index (Phi) is 9.11. The molecule has 12 heteroatoms. The number of hydrogen-bond donors (Lipinski definition) is 2. The molecule has 0 aliphatic rings. The highest BCUT2D eigenvalue weighted by atomic mass is 35.5. The highest BCUT2D eigenvalue weighted by molar-refractivity contribution is 7.90. The summed E-state index contributed by atoms with van der Waals surface area (Å²) in [4.78, 5) is 17.2. The third-order valence-corrected chi connectivity index (χ3v) is 9.63. The zero-order valence-electron chi connectivity index (χ0n) is 25.0. The lowest BCUT2D eigenvalue weighted by molar-refractivity contribution is 0.0528. The maximum Gasteiger partial charge on any atom is 0.407 e. The van der Waals surface area contributed by atoms with Crippen LogP contribution in [0.1, 0.15) is 37.5 Å². The Labute approximate surface area is 276 Å². The number of rotatable bonds is 7. The Balaban J connectivity index is 1.73. The molecule has 1 amide bonds. The summed E-state index contributed by atoms with van der Waals surface area (Å²) < 4.78 is 35.3. The van der Waals surface area contributed by atoms with Gasteiger partial charge in [-0.05, 0) is 100 Å². The van der Waals surface area contributed by atoms with Crippen molar-refractivity contribution in [1.82, 2.24) is 9.29 Å². The third kappa shape index (κ3) is 7.07. The molecule has 4 aromatic carbocycles. The van der Waals surface area contributed by atoms with Crippen LogP contribution in [0.5, 0.6) is 0 Å². The maximum atomic E-state index is 14.3. The van der Waals surface area contributed by atoms with Gasteiger partial charge in [0.05, 0.1) is 31.7 Å². The van der Waals surface area contributed by atoms with Crippen molar-refractivity contribution in [2.24, 2.45) is 10.7 Å². The Morgan fingerprint density at radius 2 is 1.64 bits per heavy atom. The number of benzene rings is 4. The van der Waals surface area contributed by atoms with Gasteiger partial charge in [0.25, 0.3) is 10.0 Å². The number of hydrogen-bond acceptors (Lipinski definition) is 5. The van der Waals surface area contributed by atoms with Crippen molar-refractivity contribution in [3.8, 4) is 0 Å². The van der Waals surface area contributed by atoms with E-state index in [1.807, 2.05) is 6.92 Å². The predicted octanol–water partition coefficient (Wildman–Crippen LogP) is 8.40. The number of carbonyl (C=O) groups is 1. The first-order chi connectivity index (χ1) is 21.1. The average molecular weight is 686 g/mol. The number of nitrogens with one attached hydrogen (secondary N) is 1. The molecular formula is C33H31Cl3N4O4S. The van der Waals surface area contributed by atoms with E-state index in [1.54, 1.807) is 93.6 Å². The molecule has 234 valence electrons. The third-order valence-electron chi connectivity index (χ3n) is 6.93. The van der Waals surface area contributed by atoms with Crippen LogP contribution in [0, 0.1) is 6.92 Å². The molecule has 3 N–H and O–H groups in total. The van der Waals surface area contributed by atoms with E-state index >= 15 is 0 Å². The minimum Gasteiger partial charge on any atom is -0.444 e. The van der Waals surface area contributed by atoms with E-state index in [2.05, 4.69) is 10.3 Å². The number of fused-ring (bicyclic) bond motifs is 3. The number of ether oxygens (including phenoxy) is 1. The molecule has 45 heavy (non-hydrogen) atoms. The number of nitrogens with two attached hydrogens (primary N) is 1. The van der Waals surface area contributed by atoms with E-state index in [-0.39, 0.29) is 23.7 Å². The van der Waals surface area contributed by atoms with E-state index in [4.69, 9.17) is 45.3 Å². The Morgan fingerprint density at radius 3 is 2.31 bits per heavy atom. The number of halogens is 3. The molecule has 0 saturated carbocycles. The molecule has 0 aliphatic carbocycles. The zero-order chi connectivity index (χ0) is 32.7. The zero-order valence-corrected chi connectivity index (χ0v) is 28.1. The van der Waals surface area contributed by atoms with Crippen LogP contribution in [-0.4, -0.2) is 36.5 Å². The lowest BCUT2D eigenvalue weighted by atomic mass is 10.0. The number of carbonyl (C=O) groups excluding carboxylic acids is 1. The molecule has 0 aliphatic heterocycles. The van der Waals surface area contributed by atoms with Crippen molar-refractivity contribution in [1.29, 1.82) is 0 Å². The van der Waals surface area contributed by atoms with E-state index in [1.165, 1.54) is 3.97 Å². The molecule has 0 saturated heterocycles. The van der Waals surface area contributed by atoms with E-state index in [0.717, 1.165) is 5.56 Å². The van der Waals surface area contributed by atoms with Gasteiger partial charge in [-0.25, -0.2) is 22.2 Å². The first kappa shape index (κ1) is 32.6. The minimum atomic E-state index is -4.08. The molecular weight excluding hydrogens is 655 g/mol. The number of amidine groups is 1. The van der Waals surface area contributed by atoms with Gasteiger partial charge in [0.15, 0.2) is 0 Å². The molecule has 5 aromatic rings. The Morgan fingerprint density at radius 1 is 0.933 bits per heavy atom. The van der Waals surface area contributed by atoms with E-state index in [9.17, 15) is 13.2 Å². The molecule has 0 fully saturated rings. The summed E-state index contributed by atoms with van der Waals surface area (Å²) in [7, 11) is -4.08. The smallest absolute Gasteiger partial charge is 0.407 e. The summed E-state index contributed by atoms with van der Waals surface area (Å²) in [6.45, 7) is 7.37. The van der Waals surface area contributed by atoms with Crippen LogP contribution in [0.25, 0.3) is 21.8 Å². The molecule has 1 aromatic heterocycles. The Bertz CT molecular complexity index is 2080. The molecule has 0 radical (unpaired) electrons. The topological polar surface area (TPSA) is 116 Å². The quantitative estimate of drug-likeness (QED) is 0.132. The largest absolute Gasteiger partial charge is 0.444 e. The van der Waals surface area contributed by atoms with E-state index in [0.29, 0.717) is 53.7 Å². The van der Waals surface area contributed by atoms with Gasteiger partial charge in [-0.15, -0.1) is 0 Å². The van der Waals surface area contributed by atoms with Gasteiger partial charge in [0.1, 0.15) is 11.4 Å². The first-order valence-electron chi connectivity index (χ1n) is 14.0. The molecule has 0 bridgehead atoms. The lowest BCUT2D eigenvalue weighted by Crippen LogP contribution is -2.33. The number of alkyl carbamates (subject to hydrolysis) is 1. The van der Waals surface area contributed by atoms with Gasteiger partial charge >= 0.3 is 6.09 Å². The second-order valence-corrected chi connectivity index (χ2v) is 14.6. The van der Waals surface area contributed by atoms with Crippen LogP contribution < -0.4 is 11.1 Å². The maximum absolute atomic E-state index is 14.3. The van der Waals surface area contributed by atoms with Crippen LogP contribution in [0.15, 0.2) is 82.7 Å². The summed E-state index contributed by atoms with van der Waals surface area (Å²) in [5.74, 6) is 0.180. The minimum absolute atomic E-state index is 0.130. The van der Waals surface area contributed by atoms with Gasteiger partial charge in [-0.1, -0.05) is 52.5 Å². The van der Waals surface area contributed by atoms with E-state index < -0.39 is 21.7 Å². The summed E-state index contributed by atoms with van der Waals surface area (Å²) in [5.41, 5.74) is 9.14. The molecule has 0 unspecified atom stereocenters. The van der Waals surface area contributed by atoms with Gasteiger partial charge in [0.2, 0.25) is 0 Å². The number of aromatic nitrogens is 1. The number of aliphatic imine (C=N–C) groups is 1. The van der Waals surface area contributed by atoms with Gasteiger partial charge < -0.3 is 15.8 Å². The fourth-order valence-corrected chi connectivity index (χ4v) is 6.97. The second kappa shape index (κ2) is 12.6. The van der Waals surface area contributed by atoms with Crippen molar-refractivity contribution in [2.45, 2.75) is 44.6 Å². The van der Waals surface area contributed by atoms with Crippen LogP contribution in [0.2, 0.25) is 15.1 Å². The van der Waals surface area contributed by atoms with Gasteiger partial charge in [-0.3, -0.25) is 0 Å². The van der Waals surface area contributed by atoms with Crippen molar-refractivity contribution in [3.63, 3.8) is 0 Å². The average Bonchev–Trinajstić information content (AvgIpc) is 3.28. The highest BCUT2D eigenvalue weighted by Crippen LogP contribution is 2.38. The standard InChI is InChI=1S/C33H31Cl3N4O4S/c1-19-5-9-24(10-6-19)45(42,43)40-29-12-8-22(34)17-25(29)26-18-23(39-31(37)21-7-11-27(35)28(36)16-21)15-20(30(26)40)13-14-38-32(41)44-33(2,3)4/h5-12,15-18H,13-14H2,1-4H3,(H2,37,39)(H,38,41). The molecule has 0 atom stereocenters. The Hall–Kier alpha value is -3.76. The summed E-state index contributed by atoms with van der Waals surface area (Å²) >= 11 is 18.7. The normalized spacial score (nSPS) is 12.6. The molecule has 1 heterocycles. The first-order valence-corrected chi connectivity index (χ1v) is 16.6. The van der Waals surface area contributed by atoms with Crippen LogP contribution in [0.3, 0.4) is 0 Å². The fourth-order valence-electron chi connectivity index (χ4n) is 4.94. The monoisotopic (exact) mass is 684 g/mol. The van der Waals surface area contributed by atoms with Crippen LogP contribution in [0.4, 0.5) is 10.5 Å². The van der Waals surface area contributed by atoms with Crippen molar-refractivity contribution in [2.75, 3.05) is 6.54 Å². The molecule has 0 spiro atoms. The molecule has 8 nitrogen and oxygen atoms in total. The van der Waals surface area contributed by atoms with Crippen molar-refractivity contribution >= 4 is 84.2 Å². The van der Waals surface area contributed by atoms with Gasteiger partial charge in [-0.2, -0.15) is 0 Å². The lowest BCUT2D eigenvalue weighted by Gasteiger charge is -2.19. The van der Waals surface area contributed by atoms with Crippen LogP contribution >= 0.6 is 34.8 Å². The van der Waals surface area contributed by atoms with Crippen LogP contribution in [-0.2, 0) is 21.2 Å². The van der Waals surface area contributed by atoms with Gasteiger partial charge in [0, 0.05) is 27.9 Å². The summed E-state index contributed by atoms with van der Waals surface area (Å²) in [5, 5.41) is 5.12. The second-order valence-electron chi connectivity index (χ2n) is 11.5. The predicted molar refractivity (Wildman–Crippen MR) is 183 cm³/mol. The summed E-state index contributed by atoms with van der Waals surface area (Å²) in [6.07, 6.45) is -0.337. The highest BCUT2D eigenvalue weighted by Gasteiger charge is 2.26. The number of aryl methyl sites for hydroxylation is 1. The molecule has 5 rings (SSSR count). The van der Waals surface area contributed by atoms with Crippen molar-refractivity contribution in [3.05, 3.63) is 105 Å². The summed E-state index contributed by atoms with van der Waals surface area (Å²) in [6, 6.07) is 20.2. The SMILES string of the molecule is Cc1ccc(S(=O)(=O)n2c3ccc(Cl)cc3c3cc(N=C(N)c4ccc(Cl)c(Cl)c4)cc(CCNC(=O)OC(C)(C)C)c32)cc1. The number of amides is 1. The van der Waals surface area contributed by atoms with Crippen molar-refractivity contribution < 1.29 is 17.9 Å². The fraction of sp³-hybridized carbons (Fsp3) is 0.212.